The van der Waals surface area contributed by atoms with Gasteiger partial charge in [-0.2, -0.15) is 0 Å². The summed E-state index contributed by atoms with van der Waals surface area (Å²) < 4.78 is 11.6. The minimum atomic E-state index is 0.199. The number of likely N-dealkylation sites (tertiary alicyclic amines) is 1. The Balaban J connectivity index is 1.44. The predicted octanol–water partition coefficient (Wildman–Crippen LogP) is 2.36. The lowest BCUT2D eigenvalue weighted by Gasteiger charge is -2.37. The largest absolute Gasteiger partial charge is 0.494 e. The smallest absolute Gasteiger partial charge is 0.119 e. The topological polar surface area (TPSA) is 37.0 Å². The van der Waals surface area contributed by atoms with Gasteiger partial charge in [-0.15, -0.1) is 0 Å². The van der Waals surface area contributed by atoms with Gasteiger partial charge in [0.2, 0.25) is 0 Å². The molecule has 1 atom stereocenters. The molecule has 152 valence electrons. The van der Waals surface area contributed by atoms with Crippen molar-refractivity contribution in [3.8, 4) is 5.75 Å². The minimum absolute atomic E-state index is 0.199. The highest BCUT2D eigenvalue weighted by Gasteiger charge is 2.33. The maximum atomic E-state index is 6.00. The first kappa shape index (κ1) is 20.6. The Labute approximate surface area is 165 Å². The molecule has 0 aliphatic carbocycles. The summed E-state index contributed by atoms with van der Waals surface area (Å²) in [7, 11) is 6.40. The molecular formula is C22H37N3O2. The van der Waals surface area contributed by atoms with Crippen LogP contribution in [0.5, 0.6) is 5.75 Å². The first-order valence-electron chi connectivity index (χ1n) is 10.5. The van der Waals surface area contributed by atoms with Crippen LogP contribution in [0, 0.1) is 0 Å². The van der Waals surface area contributed by atoms with Crippen molar-refractivity contribution >= 4 is 0 Å². The number of nitrogens with one attached hydrogen (secondary N) is 1. The van der Waals surface area contributed by atoms with Crippen LogP contribution in [-0.4, -0.2) is 83.0 Å². The zero-order chi connectivity index (χ0) is 19.1. The van der Waals surface area contributed by atoms with E-state index in [1.807, 2.05) is 7.05 Å². The van der Waals surface area contributed by atoms with Gasteiger partial charge in [0.05, 0.1) is 6.61 Å². The summed E-state index contributed by atoms with van der Waals surface area (Å²) >= 11 is 0. The summed E-state index contributed by atoms with van der Waals surface area (Å²) in [5, 5.41) is 3.38. The molecule has 2 heterocycles. The van der Waals surface area contributed by atoms with E-state index in [9.17, 15) is 0 Å². The number of rotatable bonds is 9. The molecule has 0 amide bonds. The molecule has 0 bridgehead atoms. The summed E-state index contributed by atoms with van der Waals surface area (Å²) in [6.07, 6.45) is 4.54. The average molecular weight is 376 g/mol. The van der Waals surface area contributed by atoms with Crippen LogP contribution in [0.25, 0.3) is 0 Å². The number of benzene rings is 1. The van der Waals surface area contributed by atoms with E-state index in [1.54, 1.807) is 0 Å². The molecule has 1 aromatic carbocycles. The molecule has 2 saturated heterocycles. The molecule has 5 nitrogen and oxygen atoms in total. The fourth-order valence-corrected chi connectivity index (χ4v) is 4.49. The second kappa shape index (κ2) is 9.87. The molecule has 0 saturated carbocycles. The van der Waals surface area contributed by atoms with Crippen LogP contribution in [-0.2, 0) is 10.2 Å². The van der Waals surface area contributed by atoms with Gasteiger partial charge in [0.1, 0.15) is 5.75 Å². The second-order valence-corrected chi connectivity index (χ2v) is 8.36. The molecule has 1 N–H and O–H groups in total. The van der Waals surface area contributed by atoms with Crippen LogP contribution in [0.15, 0.2) is 24.3 Å². The average Bonchev–Trinajstić information content (AvgIpc) is 3.16. The van der Waals surface area contributed by atoms with Crippen molar-refractivity contribution in [1.82, 2.24) is 15.1 Å². The lowest BCUT2D eigenvalue weighted by molar-refractivity contribution is 0.0505. The van der Waals surface area contributed by atoms with Crippen molar-refractivity contribution in [2.45, 2.75) is 37.1 Å². The standard InChI is InChI=1S/C22H37N3O2/c1-23-18-22(10-15-26-16-11-22)19-5-7-21(8-6-19)27-14-4-12-25-13-9-20(17-25)24(2)3/h5-8,20,23H,4,9-18H2,1-3H3/t20-/m1/s1. The summed E-state index contributed by atoms with van der Waals surface area (Å²) in [4.78, 5) is 4.90. The number of nitrogens with zero attached hydrogens (tertiary/aromatic N) is 2. The van der Waals surface area contributed by atoms with Crippen molar-refractivity contribution in [3.63, 3.8) is 0 Å². The molecule has 5 heteroatoms. The highest BCUT2D eigenvalue weighted by atomic mass is 16.5. The van der Waals surface area contributed by atoms with E-state index in [1.165, 1.54) is 25.1 Å². The Bertz CT molecular complexity index is 550. The third-order valence-corrected chi connectivity index (χ3v) is 6.30. The van der Waals surface area contributed by atoms with Crippen molar-refractivity contribution < 1.29 is 9.47 Å². The van der Waals surface area contributed by atoms with Gasteiger partial charge in [0.25, 0.3) is 0 Å². The van der Waals surface area contributed by atoms with Gasteiger partial charge >= 0.3 is 0 Å². The third-order valence-electron chi connectivity index (χ3n) is 6.30. The summed E-state index contributed by atoms with van der Waals surface area (Å²) in [5.41, 5.74) is 1.60. The van der Waals surface area contributed by atoms with Gasteiger partial charge in [-0.3, -0.25) is 0 Å². The first-order chi connectivity index (χ1) is 13.1. The van der Waals surface area contributed by atoms with Gasteiger partial charge in [-0.25, -0.2) is 0 Å². The fourth-order valence-electron chi connectivity index (χ4n) is 4.49. The maximum Gasteiger partial charge on any atom is 0.119 e. The molecular weight excluding hydrogens is 338 g/mol. The molecule has 0 unspecified atom stereocenters. The Kier molecular flexibility index (Phi) is 7.53. The molecule has 2 aliphatic rings. The fraction of sp³-hybridized carbons (Fsp3) is 0.727. The summed E-state index contributed by atoms with van der Waals surface area (Å²) in [5.74, 6) is 0.984. The van der Waals surface area contributed by atoms with Gasteiger partial charge in [-0.05, 0) is 71.1 Å². The van der Waals surface area contributed by atoms with E-state index in [0.717, 1.165) is 57.9 Å². The molecule has 3 rings (SSSR count). The van der Waals surface area contributed by atoms with Crippen molar-refractivity contribution in [1.29, 1.82) is 0 Å². The van der Waals surface area contributed by atoms with Gasteiger partial charge in [-0.1, -0.05) is 12.1 Å². The third kappa shape index (κ3) is 5.44. The SMILES string of the molecule is CNCC1(c2ccc(OCCCN3CC[C@@H](N(C)C)C3)cc2)CCOCC1. The molecule has 1 aromatic rings. The molecule has 27 heavy (non-hydrogen) atoms. The van der Waals surface area contributed by atoms with Crippen molar-refractivity contribution in [3.05, 3.63) is 29.8 Å². The van der Waals surface area contributed by atoms with Crippen LogP contribution in [0.1, 0.15) is 31.2 Å². The monoisotopic (exact) mass is 375 g/mol. The molecule has 2 fully saturated rings. The van der Waals surface area contributed by atoms with Crippen LogP contribution < -0.4 is 10.1 Å². The van der Waals surface area contributed by atoms with Crippen molar-refractivity contribution in [2.75, 3.05) is 67.1 Å². The van der Waals surface area contributed by atoms with Crippen LogP contribution in [0.2, 0.25) is 0 Å². The zero-order valence-corrected chi connectivity index (χ0v) is 17.4. The first-order valence-corrected chi connectivity index (χ1v) is 10.5. The van der Waals surface area contributed by atoms with E-state index in [-0.39, 0.29) is 5.41 Å². The van der Waals surface area contributed by atoms with Crippen LogP contribution >= 0.6 is 0 Å². The van der Waals surface area contributed by atoms with Crippen LogP contribution in [0.4, 0.5) is 0 Å². The van der Waals surface area contributed by atoms with Gasteiger partial charge in [0, 0.05) is 44.3 Å². The quantitative estimate of drug-likeness (QED) is 0.671. The van der Waals surface area contributed by atoms with E-state index < -0.39 is 0 Å². The normalized spacial score (nSPS) is 23.0. The second-order valence-electron chi connectivity index (χ2n) is 8.36. The molecule has 0 radical (unpaired) electrons. The molecule has 0 spiro atoms. The number of likely N-dealkylation sites (N-methyl/N-ethyl adjacent to an activating group) is 2. The zero-order valence-electron chi connectivity index (χ0n) is 17.4. The lowest BCUT2D eigenvalue weighted by atomic mass is 9.74. The number of hydrogen-bond acceptors (Lipinski definition) is 5. The maximum absolute atomic E-state index is 6.00. The van der Waals surface area contributed by atoms with Gasteiger partial charge < -0.3 is 24.6 Å². The minimum Gasteiger partial charge on any atom is -0.494 e. The Morgan fingerprint density at radius 2 is 1.96 bits per heavy atom. The number of ether oxygens (including phenoxy) is 2. The Hall–Kier alpha value is -1.14. The number of hydrogen-bond donors (Lipinski definition) is 1. The Morgan fingerprint density at radius 1 is 1.22 bits per heavy atom. The molecule has 2 aliphatic heterocycles. The highest BCUT2D eigenvalue weighted by molar-refractivity contribution is 5.33. The van der Waals surface area contributed by atoms with E-state index in [0.29, 0.717) is 6.04 Å². The van der Waals surface area contributed by atoms with E-state index >= 15 is 0 Å². The molecule has 0 aromatic heterocycles. The Morgan fingerprint density at radius 3 is 2.59 bits per heavy atom. The van der Waals surface area contributed by atoms with E-state index in [2.05, 4.69) is 53.5 Å². The predicted molar refractivity (Wildman–Crippen MR) is 111 cm³/mol. The van der Waals surface area contributed by atoms with Crippen molar-refractivity contribution in [2.24, 2.45) is 0 Å². The summed E-state index contributed by atoms with van der Waals surface area (Å²) in [6, 6.07) is 9.49. The highest BCUT2D eigenvalue weighted by Crippen LogP contribution is 2.35. The lowest BCUT2D eigenvalue weighted by Crippen LogP contribution is -2.41. The van der Waals surface area contributed by atoms with E-state index in [4.69, 9.17) is 9.47 Å². The van der Waals surface area contributed by atoms with Gasteiger partial charge in [0.15, 0.2) is 0 Å². The van der Waals surface area contributed by atoms with Crippen LogP contribution in [0.3, 0.4) is 0 Å². The summed E-state index contributed by atoms with van der Waals surface area (Å²) in [6.45, 7) is 7.04.